The molecule has 1 saturated heterocycles. The molecule has 0 unspecified atom stereocenters. The van der Waals surface area contributed by atoms with Gasteiger partial charge >= 0.3 is 0 Å². The Morgan fingerprint density at radius 2 is 2.09 bits per heavy atom. The number of nitrogens with zero attached hydrogens (tertiary/aromatic N) is 5. The maximum atomic E-state index is 14.1. The van der Waals surface area contributed by atoms with Gasteiger partial charge < -0.3 is 10.2 Å². The number of aryl methyl sites for hydroxylation is 1. The predicted octanol–water partition coefficient (Wildman–Crippen LogP) is 3.74. The minimum atomic E-state index is -0.476. The molecule has 4 rings (SSSR count). The molecule has 8 nitrogen and oxygen atoms in total. The molecule has 0 radical (unpaired) electrons. The second kappa shape index (κ2) is 10.6. The molecule has 0 atom stereocenters. The number of nitrogens with one attached hydrogen (secondary N) is 1. The van der Waals surface area contributed by atoms with Crippen LogP contribution in [0.15, 0.2) is 47.9 Å². The lowest BCUT2D eigenvalue weighted by Crippen LogP contribution is -2.31. The predicted molar refractivity (Wildman–Crippen MR) is 124 cm³/mol. The molecule has 1 aliphatic heterocycles. The van der Waals surface area contributed by atoms with Crippen molar-refractivity contribution in [1.29, 1.82) is 0 Å². The van der Waals surface area contributed by atoms with Crippen molar-refractivity contribution in [3.05, 3.63) is 59.9 Å². The summed E-state index contributed by atoms with van der Waals surface area (Å²) in [7, 11) is 0. The minimum absolute atomic E-state index is 0.0222. The van der Waals surface area contributed by atoms with Gasteiger partial charge in [0.15, 0.2) is 11.0 Å². The van der Waals surface area contributed by atoms with Crippen LogP contribution in [0.3, 0.4) is 0 Å². The first-order valence-electron chi connectivity index (χ1n) is 10.8. The standard InChI is InChI=1S/C23H25FN6O2S/c1-16-8-9-19(18(24)12-16)26-21(31)15-33-23-28-27-20(30(23)17-6-5-10-25-13-17)14-29-11-4-2-3-7-22(29)32/h5-6,8-10,12-13H,2-4,7,11,14-15H2,1H3,(H,26,31). The fourth-order valence-electron chi connectivity index (χ4n) is 3.66. The molecule has 0 aliphatic carbocycles. The lowest BCUT2D eigenvalue weighted by molar-refractivity contribution is -0.131. The third kappa shape index (κ3) is 5.75. The van der Waals surface area contributed by atoms with Crippen LogP contribution in [-0.2, 0) is 16.1 Å². The van der Waals surface area contributed by atoms with E-state index in [0.29, 0.717) is 30.5 Å². The molecular formula is C23H25FN6O2S. The highest BCUT2D eigenvalue weighted by Gasteiger charge is 2.22. The quantitative estimate of drug-likeness (QED) is 0.531. The molecule has 0 spiro atoms. The van der Waals surface area contributed by atoms with Gasteiger partial charge in [-0.2, -0.15) is 0 Å². The zero-order chi connectivity index (χ0) is 23.2. The molecule has 3 heterocycles. The SMILES string of the molecule is Cc1ccc(NC(=O)CSc2nnc(CN3CCCCCC3=O)n2-c2cccnc2)c(F)c1. The molecule has 0 bridgehead atoms. The number of carbonyl (C=O) groups is 2. The fourth-order valence-corrected chi connectivity index (χ4v) is 4.43. The van der Waals surface area contributed by atoms with Gasteiger partial charge in [-0.1, -0.05) is 24.2 Å². The number of halogens is 1. The largest absolute Gasteiger partial charge is 0.335 e. The smallest absolute Gasteiger partial charge is 0.234 e. The van der Waals surface area contributed by atoms with Gasteiger partial charge in [-0.3, -0.25) is 19.1 Å². The number of amides is 2. The summed E-state index contributed by atoms with van der Waals surface area (Å²) in [5.41, 5.74) is 1.66. The van der Waals surface area contributed by atoms with E-state index in [4.69, 9.17) is 0 Å². The van der Waals surface area contributed by atoms with Crippen molar-refractivity contribution in [1.82, 2.24) is 24.6 Å². The van der Waals surface area contributed by atoms with Crippen molar-refractivity contribution in [2.45, 2.75) is 44.3 Å². The van der Waals surface area contributed by atoms with Gasteiger partial charge in [0.1, 0.15) is 5.82 Å². The van der Waals surface area contributed by atoms with Crippen LogP contribution >= 0.6 is 11.8 Å². The molecule has 1 aliphatic rings. The van der Waals surface area contributed by atoms with Gasteiger partial charge in [0.25, 0.3) is 0 Å². The first kappa shape index (κ1) is 22.9. The van der Waals surface area contributed by atoms with E-state index in [9.17, 15) is 14.0 Å². The number of hydrogen-bond donors (Lipinski definition) is 1. The summed E-state index contributed by atoms with van der Waals surface area (Å²) in [6.45, 7) is 2.81. The number of thioether (sulfide) groups is 1. The van der Waals surface area contributed by atoms with E-state index in [-0.39, 0.29) is 23.3 Å². The summed E-state index contributed by atoms with van der Waals surface area (Å²) in [6.07, 6.45) is 6.80. The maximum absolute atomic E-state index is 14.1. The monoisotopic (exact) mass is 468 g/mol. The van der Waals surface area contributed by atoms with Crippen LogP contribution in [0.2, 0.25) is 0 Å². The highest BCUT2D eigenvalue weighted by atomic mass is 32.2. The number of carbonyl (C=O) groups excluding carboxylic acids is 2. The second-order valence-corrected chi connectivity index (χ2v) is 8.83. The molecule has 33 heavy (non-hydrogen) atoms. The summed E-state index contributed by atoms with van der Waals surface area (Å²) in [5, 5.41) is 11.7. The minimum Gasteiger partial charge on any atom is -0.335 e. The van der Waals surface area contributed by atoms with Crippen LogP contribution in [-0.4, -0.2) is 48.8 Å². The number of hydrogen-bond acceptors (Lipinski definition) is 6. The number of aromatic nitrogens is 4. The van der Waals surface area contributed by atoms with Gasteiger partial charge in [-0.15, -0.1) is 10.2 Å². The Balaban J connectivity index is 1.51. The van der Waals surface area contributed by atoms with Crippen molar-refractivity contribution in [3.63, 3.8) is 0 Å². The van der Waals surface area contributed by atoms with Crippen LogP contribution in [0.25, 0.3) is 5.69 Å². The number of likely N-dealkylation sites (tertiary alicyclic amines) is 1. The highest BCUT2D eigenvalue weighted by molar-refractivity contribution is 7.99. The second-order valence-electron chi connectivity index (χ2n) is 7.89. The van der Waals surface area contributed by atoms with E-state index >= 15 is 0 Å². The van der Waals surface area contributed by atoms with Crippen LogP contribution in [0.4, 0.5) is 10.1 Å². The van der Waals surface area contributed by atoms with Gasteiger partial charge in [-0.05, 0) is 49.6 Å². The molecule has 1 aromatic carbocycles. The Kier molecular flexibility index (Phi) is 7.33. The van der Waals surface area contributed by atoms with Crippen molar-refractivity contribution in [3.8, 4) is 5.69 Å². The molecule has 3 aromatic rings. The summed E-state index contributed by atoms with van der Waals surface area (Å²) in [4.78, 5) is 30.9. The highest BCUT2D eigenvalue weighted by Crippen LogP contribution is 2.24. The number of anilines is 1. The van der Waals surface area contributed by atoms with E-state index in [1.165, 1.54) is 17.8 Å². The third-order valence-electron chi connectivity index (χ3n) is 5.34. The molecule has 1 fully saturated rings. The summed E-state index contributed by atoms with van der Waals surface area (Å²) in [5.74, 6) is -0.0920. The Morgan fingerprint density at radius 1 is 1.21 bits per heavy atom. The zero-order valence-electron chi connectivity index (χ0n) is 18.3. The van der Waals surface area contributed by atoms with Crippen LogP contribution in [0.1, 0.15) is 37.1 Å². The average molecular weight is 469 g/mol. The summed E-state index contributed by atoms with van der Waals surface area (Å²) >= 11 is 1.19. The molecule has 0 saturated carbocycles. The lowest BCUT2D eigenvalue weighted by atomic mass is 10.2. The Hall–Kier alpha value is -3.27. The van der Waals surface area contributed by atoms with Gasteiger partial charge in [0.05, 0.1) is 29.9 Å². The number of benzene rings is 1. The third-order valence-corrected chi connectivity index (χ3v) is 6.27. The molecule has 10 heteroatoms. The van der Waals surface area contributed by atoms with Crippen LogP contribution < -0.4 is 5.32 Å². The van der Waals surface area contributed by atoms with Crippen LogP contribution in [0, 0.1) is 12.7 Å². The molecule has 2 amide bonds. The van der Waals surface area contributed by atoms with Crippen molar-refractivity contribution in [2.75, 3.05) is 17.6 Å². The zero-order valence-corrected chi connectivity index (χ0v) is 19.1. The topological polar surface area (TPSA) is 93.0 Å². The van der Waals surface area contributed by atoms with E-state index in [1.54, 1.807) is 37.5 Å². The Morgan fingerprint density at radius 3 is 2.88 bits per heavy atom. The Labute approximate surface area is 195 Å². The normalized spacial score (nSPS) is 14.2. The molecular weight excluding hydrogens is 443 g/mol. The number of rotatable bonds is 7. The van der Waals surface area contributed by atoms with Gasteiger partial charge in [0, 0.05) is 19.2 Å². The van der Waals surface area contributed by atoms with Gasteiger partial charge in [0.2, 0.25) is 11.8 Å². The van der Waals surface area contributed by atoms with Gasteiger partial charge in [-0.25, -0.2) is 4.39 Å². The summed E-state index contributed by atoms with van der Waals surface area (Å²) < 4.78 is 15.9. The van der Waals surface area contributed by atoms with Crippen LogP contribution in [0.5, 0.6) is 0 Å². The van der Waals surface area contributed by atoms with E-state index in [1.807, 2.05) is 15.5 Å². The average Bonchev–Trinajstić information content (AvgIpc) is 3.10. The van der Waals surface area contributed by atoms with E-state index < -0.39 is 5.82 Å². The van der Waals surface area contributed by atoms with E-state index in [2.05, 4.69) is 20.5 Å². The van der Waals surface area contributed by atoms with Crippen molar-refractivity contribution < 1.29 is 14.0 Å². The number of pyridine rings is 1. The maximum Gasteiger partial charge on any atom is 0.234 e. The first-order valence-corrected chi connectivity index (χ1v) is 11.8. The summed E-state index contributed by atoms with van der Waals surface area (Å²) in [6, 6.07) is 8.33. The molecule has 1 N–H and O–H groups in total. The first-order chi connectivity index (χ1) is 16.0. The fraction of sp³-hybridized carbons (Fsp3) is 0.348. The molecule has 2 aromatic heterocycles. The Bertz CT molecular complexity index is 1140. The molecule has 172 valence electrons. The van der Waals surface area contributed by atoms with Crippen molar-refractivity contribution >= 4 is 29.3 Å². The van der Waals surface area contributed by atoms with E-state index in [0.717, 1.165) is 30.5 Å². The van der Waals surface area contributed by atoms with Crippen molar-refractivity contribution in [2.24, 2.45) is 0 Å². The lowest BCUT2D eigenvalue weighted by Gasteiger charge is -2.20.